The first-order valence-corrected chi connectivity index (χ1v) is 5.87. The fourth-order valence-corrected chi connectivity index (χ4v) is 2.93. The molecule has 0 spiro atoms. The number of hydrogen-bond donors (Lipinski definition) is 0. The summed E-state index contributed by atoms with van der Waals surface area (Å²) in [7, 11) is 1.59. The zero-order chi connectivity index (χ0) is 11.1. The molecule has 0 aliphatic carbocycles. The molecular weight excluding hydrogens is 205 g/mol. The highest BCUT2D eigenvalue weighted by molar-refractivity contribution is 5.39. The van der Waals surface area contributed by atoms with Crippen LogP contribution < -0.4 is 4.74 Å². The molecule has 0 radical (unpaired) electrons. The predicted octanol–water partition coefficient (Wildman–Crippen LogP) is 2.35. The van der Waals surface area contributed by atoms with Gasteiger partial charge in [-0.2, -0.15) is 0 Å². The van der Waals surface area contributed by atoms with Crippen molar-refractivity contribution in [2.24, 2.45) is 0 Å². The van der Waals surface area contributed by atoms with Crippen molar-refractivity contribution in [1.82, 2.24) is 4.90 Å². The van der Waals surface area contributed by atoms with Gasteiger partial charge in [0.15, 0.2) is 0 Å². The lowest BCUT2D eigenvalue weighted by Crippen LogP contribution is -2.35. The molecule has 2 heterocycles. The van der Waals surface area contributed by atoms with Crippen LogP contribution in [-0.2, 0) is 13.0 Å². The lowest BCUT2D eigenvalue weighted by atomic mass is 9.94. The minimum Gasteiger partial charge on any atom is -0.497 e. The molecule has 0 saturated carbocycles. The number of halogens is 1. The molecule has 2 aliphatic heterocycles. The van der Waals surface area contributed by atoms with E-state index in [1.165, 1.54) is 18.9 Å². The monoisotopic (exact) mass is 221 g/mol. The van der Waals surface area contributed by atoms with E-state index in [4.69, 9.17) is 4.74 Å². The maximum Gasteiger partial charge on any atom is 0.131 e. The fourth-order valence-electron chi connectivity index (χ4n) is 2.93. The quantitative estimate of drug-likeness (QED) is 0.721. The van der Waals surface area contributed by atoms with Crippen LogP contribution in [0.2, 0.25) is 0 Å². The topological polar surface area (TPSA) is 12.5 Å². The van der Waals surface area contributed by atoms with E-state index in [9.17, 15) is 4.39 Å². The van der Waals surface area contributed by atoms with E-state index in [1.54, 1.807) is 7.11 Å². The standard InChI is InChI=1S/C13H16FNO/c1-16-11-6-9-5-10-3-2-4-15(10)8-12(9)13(14)7-11/h6-7,10H,2-5,8H2,1H3. The second kappa shape index (κ2) is 3.74. The van der Waals surface area contributed by atoms with Gasteiger partial charge in [0.1, 0.15) is 11.6 Å². The Bertz CT molecular complexity index is 419. The molecule has 2 aliphatic rings. The third kappa shape index (κ3) is 1.50. The SMILES string of the molecule is COc1cc(F)c2c(c1)CC1CCCN1C2. The lowest BCUT2D eigenvalue weighted by molar-refractivity contribution is 0.222. The van der Waals surface area contributed by atoms with Gasteiger partial charge in [-0.25, -0.2) is 4.39 Å². The number of methoxy groups -OCH3 is 1. The molecule has 0 aromatic heterocycles. The summed E-state index contributed by atoms with van der Waals surface area (Å²) in [5.41, 5.74) is 2.01. The van der Waals surface area contributed by atoms with E-state index in [2.05, 4.69) is 4.90 Å². The molecule has 16 heavy (non-hydrogen) atoms. The summed E-state index contributed by atoms with van der Waals surface area (Å²) in [5, 5.41) is 0. The highest BCUT2D eigenvalue weighted by atomic mass is 19.1. The fraction of sp³-hybridized carbons (Fsp3) is 0.538. The van der Waals surface area contributed by atoms with Gasteiger partial charge < -0.3 is 4.74 Å². The average Bonchev–Trinajstić information content (AvgIpc) is 2.73. The summed E-state index contributed by atoms with van der Waals surface area (Å²) in [6.45, 7) is 1.89. The van der Waals surface area contributed by atoms with Crippen LogP contribution in [0.25, 0.3) is 0 Å². The first-order chi connectivity index (χ1) is 7.78. The van der Waals surface area contributed by atoms with Crippen LogP contribution in [0.1, 0.15) is 24.0 Å². The molecule has 1 fully saturated rings. The maximum atomic E-state index is 13.9. The number of hydrogen-bond acceptors (Lipinski definition) is 2. The zero-order valence-electron chi connectivity index (χ0n) is 9.50. The first kappa shape index (κ1) is 10.1. The van der Waals surface area contributed by atoms with E-state index < -0.39 is 0 Å². The Morgan fingerprint density at radius 3 is 3.12 bits per heavy atom. The Kier molecular flexibility index (Phi) is 2.36. The van der Waals surface area contributed by atoms with Crippen LogP contribution in [-0.4, -0.2) is 24.6 Å². The molecular formula is C13H16FNO. The van der Waals surface area contributed by atoms with Crippen molar-refractivity contribution in [3.63, 3.8) is 0 Å². The number of benzene rings is 1. The molecule has 1 atom stereocenters. The Morgan fingerprint density at radius 2 is 2.31 bits per heavy atom. The van der Waals surface area contributed by atoms with Crippen molar-refractivity contribution < 1.29 is 9.13 Å². The number of rotatable bonds is 1. The maximum absolute atomic E-state index is 13.9. The summed E-state index contributed by atoms with van der Waals surface area (Å²) in [5.74, 6) is 0.530. The molecule has 2 nitrogen and oxygen atoms in total. The molecule has 0 amide bonds. The van der Waals surface area contributed by atoms with Crippen molar-refractivity contribution in [2.75, 3.05) is 13.7 Å². The average molecular weight is 221 g/mol. The van der Waals surface area contributed by atoms with E-state index in [-0.39, 0.29) is 5.82 Å². The Morgan fingerprint density at radius 1 is 1.44 bits per heavy atom. The van der Waals surface area contributed by atoms with E-state index in [0.29, 0.717) is 11.8 Å². The van der Waals surface area contributed by atoms with Gasteiger partial charge in [-0.1, -0.05) is 0 Å². The second-order valence-electron chi connectivity index (χ2n) is 4.72. The van der Waals surface area contributed by atoms with Crippen LogP contribution in [0.3, 0.4) is 0 Å². The largest absolute Gasteiger partial charge is 0.497 e. The van der Waals surface area contributed by atoms with Gasteiger partial charge in [0, 0.05) is 24.2 Å². The summed E-state index contributed by atoms with van der Waals surface area (Å²) in [6, 6.07) is 4.11. The molecule has 3 rings (SSSR count). The minimum absolute atomic E-state index is 0.111. The van der Waals surface area contributed by atoms with Gasteiger partial charge in [-0.05, 0) is 37.4 Å². The number of fused-ring (bicyclic) bond motifs is 2. The molecule has 1 aromatic carbocycles. The van der Waals surface area contributed by atoms with Crippen molar-refractivity contribution in [1.29, 1.82) is 0 Å². The van der Waals surface area contributed by atoms with Gasteiger partial charge in [0.05, 0.1) is 7.11 Å². The Labute approximate surface area is 95.0 Å². The molecule has 86 valence electrons. The summed E-state index contributed by atoms with van der Waals surface area (Å²) >= 11 is 0. The molecule has 1 saturated heterocycles. The normalized spacial score (nSPS) is 24.0. The first-order valence-electron chi connectivity index (χ1n) is 5.87. The zero-order valence-corrected chi connectivity index (χ0v) is 9.50. The summed E-state index contributed by atoms with van der Waals surface area (Å²) in [4.78, 5) is 2.40. The molecule has 0 bridgehead atoms. The Balaban J connectivity index is 2.00. The van der Waals surface area contributed by atoms with Crippen molar-refractivity contribution >= 4 is 0 Å². The van der Waals surface area contributed by atoms with Gasteiger partial charge in [0.25, 0.3) is 0 Å². The third-order valence-electron chi connectivity index (χ3n) is 3.81. The van der Waals surface area contributed by atoms with Gasteiger partial charge >= 0.3 is 0 Å². The van der Waals surface area contributed by atoms with E-state index in [0.717, 1.165) is 30.6 Å². The summed E-state index contributed by atoms with van der Waals surface area (Å²) < 4.78 is 19.0. The predicted molar refractivity (Wildman–Crippen MR) is 60.1 cm³/mol. The van der Waals surface area contributed by atoms with Crippen LogP contribution in [0.15, 0.2) is 12.1 Å². The second-order valence-corrected chi connectivity index (χ2v) is 4.72. The molecule has 1 unspecified atom stereocenters. The lowest BCUT2D eigenvalue weighted by Gasteiger charge is -2.31. The van der Waals surface area contributed by atoms with Crippen LogP contribution in [0.5, 0.6) is 5.75 Å². The van der Waals surface area contributed by atoms with Crippen molar-refractivity contribution in [2.45, 2.75) is 31.8 Å². The highest BCUT2D eigenvalue weighted by Gasteiger charge is 2.31. The molecule has 0 N–H and O–H groups in total. The molecule has 3 heteroatoms. The number of ether oxygens (including phenoxy) is 1. The van der Waals surface area contributed by atoms with Crippen LogP contribution >= 0.6 is 0 Å². The summed E-state index contributed by atoms with van der Waals surface area (Å²) in [6.07, 6.45) is 3.47. The van der Waals surface area contributed by atoms with Crippen LogP contribution in [0.4, 0.5) is 4.39 Å². The van der Waals surface area contributed by atoms with Gasteiger partial charge in [-0.15, -0.1) is 0 Å². The Hall–Kier alpha value is -1.09. The van der Waals surface area contributed by atoms with Gasteiger partial charge in [-0.3, -0.25) is 4.90 Å². The molecule has 1 aromatic rings. The van der Waals surface area contributed by atoms with Crippen molar-refractivity contribution in [3.8, 4) is 5.75 Å². The van der Waals surface area contributed by atoms with E-state index >= 15 is 0 Å². The van der Waals surface area contributed by atoms with Crippen LogP contribution in [0, 0.1) is 5.82 Å². The van der Waals surface area contributed by atoms with E-state index in [1.807, 2.05) is 6.07 Å². The highest BCUT2D eigenvalue weighted by Crippen LogP contribution is 2.33. The number of nitrogens with zero attached hydrogens (tertiary/aromatic N) is 1. The van der Waals surface area contributed by atoms with Gasteiger partial charge in [0.2, 0.25) is 0 Å². The van der Waals surface area contributed by atoms with Crippen molar-refractivity contribution in [3.05, 3.63) is 29.1 Å². The third-order valence-corrected chi connectivity index (χ3v) is 3.81. The smallest absolute Gasteiger partial charge is 0.131 e. The minimum atomic E-state index is -0.111.